The fourth-order valence-corrected chi connectivity index (χ4v) is 2.20. The first kappa shape index (κ1) is 9.22. The molecule has 0 saturated heterocycles. The van der Waals surface area contributed by atoms with E-state index in [1.54, 1.807) is 0 Å². The summed E-state index contributed by atoms with van der Waals surface area (Å²) in [6.07, 6.45) is 0. The lowest BCUT2D eigenvalue weighted by atomic mass is 10.0. The molecule has 0 heterocycles. The van der Waals surface area contributed by atoms with Gasteiger partial charge in [0.15, 0.2) is 0 Å². The standard InChI is InChI=1S/C15H13N/c1-10-3-2-4-12-7-13-8-14(16)6-5-11(13)9-15(10)12/h2-9H,16H2,1H3. The Hall–Kier alpha value is -2.02. The van der Waals surface area contributed by atoms with E-state index in [-0.39, 0.29) is 0 Å². The molecular formula is C15H13N. The molecule has 0 saturated carbocycles. The molecule has 0 aliphatic heterocycles. The zero-order valence-corrected chi connectivity index (χ0v) is 9.20. The zero-order chi connectivity index (χ0) is 11.1. The molecule has 0 unspecified atom stereocenters. The van der Waals surface area contributed by atoms with Crippen LogP contribution in [0.5, 0.6) is 0 Å². The third-order valence-corrected chi connectivity index (χ3v) is 3.08. The predicted molar refractivity (Wildman–Crippen MR) is 70.6 cm³/mol. The monoisotopic (exact) mass is 207 g/mol. The molecule has 3 rings (SSSR count). The number of rotatable bonds is 0. The van der Waals surface area contributed by atoms with Crippen LogP contribution in [0.4, 0.5) is 5.69 Å². The lowest BCUT2D eigenvalue weighted by molar-refractivity contribution is 1.54. The lowest BCUT2D eigenvalue weighted by Gasteiger charge is -2.05. The van der Waals surface area contributed by atoms with Crippen LogP contribution in [0.15, 0.2) is 48.5 Å². The maximum atomic E-state index is 5.80. The van der Waals surface area contributed by atoms with Gasteiger partial charge in [0, 0.05) is 5.69 Å². The van der Waals surface area contributed by atoms with E-state index in [4.69, 9.17) is 5.73 Å². The Kier molecular flexibility index (Phi) is 1.87. The zero-order valence-electron chi connectivity index (χ0n) is 9.20. The maximum Gasteiger partial charge on any atom is 0.0320 e. The Morgan fingerprint density at radius 3 is 2.56 bits per heavy atom. The normalized spacial score (nSPS) is 11.1. The van der Waals surface area contributed by atoms with Gasteiger partial charge in [0.25, 0.3) is 0 Å². The molecule has 16 heavy (non-hydrogen) atoms. The second-order valence-corrected chi connectivity index (χ2v) is 4.25. The van der Waals surface area contributed by atoms with Crippen LogP contribution in [0.25, 0.3) is 21.5 Å². The number of fused-ring (bicyclic) bond motifs is 2. The van der Waals surface area contributed by atoms with Gasteiger partial charge in [0.2, 0.25) is 0 Å². The number of aryl methyl sites for hydroxylation is 1. The molecular weight excluding hydrogens is 194 g/mol. The first-order valence-corrected chi connectivity index (χ1v) is 5.43. The first-order valence-electron chi connectivity index (χ1n) is 5.43. The van der Waals surface area contributed by atoms with Gasteiger partial charge in [-0.3, -0.25) is 0 Å². The molecule has 0 aliphatic carbocycles. The van der Waals surface area contributed by atoms with Gasteiger partial charge in [0.05, 0.1) is 0 Å². The summed E-state index contributed by atoms with van der Waals surface area (Å²) in [5, 5.41) is 5.05. The molecule has 0 bridgehead atoms. The Bertz CT molecular complexity index is 683. The molecule has 0 spiro atoms. The average molecular weight is 207 g/mol. The molecule has 0 amide bonds. The van der Waals surface area contributed by atoms with Crippen molar-refractivity contribution >= 4 is 27.2 Å². The van der Waals surface area contributed by atoms with Crippen LogP contribution < -0.4 is 5.73 Å². The van der Waals surface area contributed by atoms with Crippen LogP contribution in [-0.2, 0) is 0 Å². The van der Waals surface area contributed by atoms with E-state index < -0.39 is 0 Å². The van der Waals surface area contributed by atoms with Crippen LogP contribution in [-0.4, -0.2) is 0 Å². The van der Waals surface area contributed by atoms with Crippen molar-refractivity contribution in [2.75, 3.05) is 5.73 Å². The SMILES string of the molecule is Cc1cccc2cc3cc(N)ccc3cc12. The number of nitrogens with two attached hydrogens (primary N) is 1. The molecule has 3 aromatic carbocycles. The van der Waals surface area contributed by atoms with E-state index in [0.29, 0.717) is 0 Å². The largest absolute Gasteiger partial charge is 0.399 e. The minimum absolute atomic E-state index is 0.819. The number of anilines is 1. The summed E-state index contributed by atoms with van der Waals surface area (Å²) in [7, 11) is 0. The highest BCUT2D eigenvalue weighted by Crippen LogP contribution is 2.26. The molecule has 0 fully saturated rings. The summed E-state index contributed by atoms with van der Waals surface area (Å²) in [5.74, 6) is 0. The second-order valence-electron chi connectivity index (χ2n) is 4.25. The third kappa shape index (κ3) is 1.33. The van der Waals surface area contributed by atoms with Gasteiger partial charge in [-0.05, 0) is 58.3 Å². The van der Waals surface area contributed by atoms with Gasteiger partial charge >= 0.3 is 0 Å². The van der Waals surface area contributed by atoms with Gasteiger partial charge in [-0.1, -0.05) is 24.3 Å². The molecule has 0 aliphatic rings. The summed E-state index contributed by atoms with van der Waals surface area (Å²) in [5.41, 5.74) is 7.93. The van der Waals surface area contributed by atoms with Gasteiger partial charge in [-0.25, -0.2) is 0 Å². The van der Waals surface area contributed by atoms with Crippen LogP contribution >= 0.6 is 0 Å². The van der Waals surface area contributed by atoms with Crippen LogP contribution in [0.3, 0.4) is 0 Å². The molecule has 3 aromatic rings. The van der Waals surface area contributed by atoms with Crippen molar-refractivity contribution in [2.45, 2.75) is 6.92 Å². The van der Waals surface area contributed by atoms with Crippen molar-refractivity contribution in [1.82, 2.24) is 0 Å². The van der Waals surface area contributed by atoms with Gasteiger partial charge in [-0.15, -0.1) is 0 Å². The van der Waals surface area contributed by atoms with E-state index in [9.17, 15) is 0 Å². The summed E-state index contributed by atoms with van der Waals surface area (Å²) >= 11 is 0. The fraction of sp³-hybridized carbons (Fsp3) is 0.0667. The van der Waals surface area contributed by atoms with Crippen molar-refractivity contribution < 1.29 is 0 Å². The van der Waals surface area contributed by atoms with E-state index in [0.717, 1.165) is 5.69 Å². The quantitative estimate of drug-likeness (QED) is 0.439. The number of nitrogen functional groups attached to an aromatic ring is 1. The van der Waals surface area contributed by atoms with Crippen molar-refractivity contribution in [1.29, 1.82) is 0 Å². The van der Waals surface area contributed by atoms with E-state index in [1.807, 2.05) is 12.1 Å². The molecule has 1 heteroatoms. The minimum Gasteiger partial charge on any atom is -0.399 e. The van der Waals surface area contributed by atoms with E-state index >= 15 is 0 Å². The smallest absolute Gasteiger partial charge is 0.0320 e. The van der Waals surface area contributed by atoms with Gasteiger partial charge in [-0.2, -0.15) is 0 Å². The van der Waals surface area contributed by atoms with Gasteiger partial charge < -0.3 is 5.73 Å². The molecule has 0 atom stereocenters. The Balaban J connectivity index is 2.49. The van der Waals surface area contributed by atoms with Crippen molar-refractivity contribution in [3.8, 4) is 0 Å². The van der Waals surface area contributed by atoms with E-state index in [1.165, 1.54) is 27.1 Å². The van der Waals surface area contributed by atoms with E-state index in [2.05, 4.69) is 43.3 Å². The van der Waals surface area contributed by atoms with Crippen LogP contribution in [0.2, 0.25) is 0 Å². The second kappa shape index (κ2) is 3.24. The highest BCUT2D eigenvalue weighted by atomic mass is 14.5. The molecule has 0 aromatic heterocycles. The third-order valence-electron chi connectivity index (χ3n) is 3.08. The Morgan fingerprint density at radius 2 is 1.69 bits per heavy atom. The summed E-state index contributed by atoms with van der Waals surface area (Å²) < 4.78 is 0. The predicted octanol–water partition coefficient (Wildman–Crippen LogP) is 3.88. The highest BCUT2D eigenvalue weighted by Gasteiger charge is 2.00. The molecule has 0 radical (unpaired) electrons. The molecule has 78 valence electrons. The Labute approximate surface area is 94.5 Å². The lowest BCUT2D eigenvalue weighted by Crippen LogP contribution is -1.84. The topological polar surface area (TPSA) is 26.0 Å². The average Bonchev–Trinajstić information content (AvgIpc) is 2.27. The summed E-state index contributed by atoms with van der Waals surface area (Å²) in [6.45, 7) is 2.14. The van der Waals surface area contributed by atoms with Crippen molar-refractivity contribution in [2.24, 2.45) is 0 Å². The highest BCUT2D eigenvalue weighted by molar-refractivity contribution is 6.00. The number of hydrogen-bond acceptors (Lipinski definition) is 1. The van der Waals surface area contributed by atoms with Crippen LogP contribution in [0.1, 0.15) is 5.56 Å². The van der Waals surface area contributed by atoms with Crippen molar-refractivity contribution in [3.05, 3.63) is 54.1 Å². The maximum absolute atomic E-state index is 5.80. The van der Waals surface area contributed by atoms with Gasteiger partial charge in [0.1, 0.15) is 0 Å². The van der Waals surface area contributed by atoms with Crippen LogP contribution in [0, 0.1) is 6.92 Å². The number of hydrogen-bond donors (Lipinski definition) is 1. The Morgan fingerprint density at radius 1 is 0.812 bits per heavy atom. The van der Waals surface area contributed by atoms with Crippen molar-refractivity contribution in [3.63, 3.8) is 0 Å². The fourth-order valence-electron chi connectivity index (χ4n) is 2.20. The summed E-state index contributed by atoms with van der Waals surface area (Å²) in [6, 6.07) is 16.9. The minimum atomic E-state index is 0.819. The molecule has 1 nitrogen and oxygen atoms in total. The number of benzene rings is 3. The molecule has 2 N–H and O–H groups in total. The summed E-state index contributed by atoms with van der Waals surface area (Å²) in [4.78, 5) is 0. The first-order chi connectivity index (χ1) is 7.74.